The van der Waals surface area contributed by atoms with Crippen molar-refractivity contribution >= 4 is 32.6 Å². The van der Waals surface area contributed by atoms with Gasteiger partial charge in [0, 0.05) is 37.1 Å². The normalized spacial score (nSPS) is 11.0. The molecule has 4 aromatic rings. The second kappa shape index (κ2) is 8.58. The van der Waals surface area contributed by atoms with Crippen molar-refractivity contribution in [2.75, 3.05) is 18.6 Å². The first-order valence-corrected chi connectivity index (χ1v) is 10.0. The lowest BCUT2D eigenvalue weighted by Gasteiger charge is -2.20. The van der Waals surface area contributed by atoms with Gasteiger partial charge < -0.3 is 9.30 Å². The lowest BCUT2D eigenvalue weighted by molar-refractivity contribution is 0.0986. The van der Waals surface area contributed by atoms with Crippen LogP contribution in [0.1, 0.15) is 16.8 Å². The van der Waals surface area contributed by atoms with Crippen molar-refractivity contribution in [2.45, 2.75) is 13.0 Å². The number of aryl methyl sites for hydroxylation is 1. The van der Waals surface area contributed by atoms with Gasteiger partial charge in [-0.2, -0.15) is 0 Å². The van der Waals surface area contributed by atoms with Gasteiger partial charge in [-0.1, -0.05) is 11.3 Å². The molecule has 0 radical (unpaired) electrons. The minimum absolute atomic E-state index is 0.0542. The predicted molar refractivity (Wildman–Crippen MR) is 111 cm³/mol. The van der Waals surface area contributed by atoms with Gasteiger partial charge in [0.1, 0.15) is 17.1 Å². The summed E-state index contributed by atoms with van der Waals surface area (Å²) >= 11 is 1.08. The molecule has 0 aliphatic heterocycles. The number of hydrogen-bond donors (Lipinski definition) is 0. The maximum absolute atomic E-state index is 14.1. The number of amides is 1. The van der Waals surface area contributed by atoms with Gasteiger partial charge in [-0.15, -0.1) is 0 Å². The Morgan fingerprint density at radius 2 is 2.03 bits per heavy atom. The molecular formula is C21H18F2N4O2S. The summed E-state index contributed by atoms with van der Waals surface area (Å²) in [6, 6.07) is 8.74. The molecule has 2 heterocycles. The molecule has 0 atom stereocenters. The number of thiazole rings is 1. The molecule has 0 saturated carbocycles. The molecule has 4 rings (SSSR count). The Hall–Kier alpha value is -3.33. The number of nitrogens with zero attached hydrogens (tertiary/aromatic N) is 4. The zero-order valence-electron chi connectivity index (χ0n) is 16.1. The fourth-order valence-corrected chi connectivity index (χ4v) is 4.09. The van der Waals surface area contributed by atoms with E-state index in [0.29, 0.717) is 40.7 Å². The van der Waals surface area contributed by atoms with E-state index in [2.05, 4.69) is 9.97 Å². The fraction of sp³-hybridized carbons (Fsp3) is 0.190. The number of hydrogen-bond acceptors (Lipinski definition) is 5. The van der Waals surface area contributed by atoms with Crippen molar-refractivity contribution in [3.05, 3.63) is 72.3 Å². The molecule has 0 spiro atoms. The summed E-state index contributed by atoms with van der Waals surface area (Å²) < 4.78 is 35.1. The second-order valence-corrected chi connectivity index (χ2v) is 7.58. The minimum Gasteiger partial charge on any atom is -0.497 e. The zero-order valence-corrected chi connectivity index (χ0v) is 16.9. The maximum atomic E-state index is 14.1. The predicted octanol–water partition coefficient (Wildman–Crippen LogP) is 4.52. The highest BCUT2D eigenvalue weighted by Crippen LogP contribution is 2.32. The van der Waals surface area contributed by atoms with E-state index >= 15 is 0 Å². The van der Waals surface area contributed by atoms with Gasteiger partial charge in [-0.25, -0.2) is 18.7 Å². The van der Waals surface area contributed by atoms with Gasteiger partial charge in [-0.3, -0.25) is 9.69 Å². The van der Waals surface area contributed by atoms with Crippen LogP contribution in [0.5, 0.6) is 5.75 Å². The third kappa shape index (κ3) is 4.16. The second-order valence-electron chi connectivity index (χ2n) is 6.57. The Kier molecular flexibility index (Phi) is 5.71. The SMILES string of the molecule is COc1ccc(C(=O)N(CCCn2ccnc2)c2nc3c(F)cc(F)cc3s2)cc1. The third-order valence-electron chi connectivity index (χ3n) is 4.57. The molecule has 0 unspecified atom stereocenters. The van der Waals surface area contributed by atoms with Crippen LogP contribution >= 0.6 is 11.3 Å². The van der Waals surface area contributed by atoms with Crippen LogP contribution in [0.4, 0.5) is 13.9 Å². The van der Waals surface area contributed by atoms with Crippen LogP contribution in [0.3, 0.4) is 0 Å². The van der Waals surface area contributed by atoms with Crippen molar-refractivity contribution in [3.8, 4) is 5.75 Å². The molecular weight excluding hydrogens is 410 g/mol. The molecule has 0 aliphatic rings. The quantitative estimate of drug-likeness (QED) is 0.434. The van der Waals surface area contributed by atoms with E-state index in [0.717, 1.165) is 17.4 Å². The monoisotopic (exact) mass is 428 g/mol. The summed E-state index contributed by atoms with van der Waals surface area (Å²) in [5.41, 5.74) is 0.503. The standard InChI is InChI=1S/C21H18F2N4O2S/c1-29-16-5-3-14(4-6-16)20(28)27(9-2-8-26-10-7-24-13-26)21-25-19-17(23)11-15(22)12-18(19)30-21/h3-7,10-13H,2,8-9H2,1H3. The first kappa shape index (κ1) is 20.0. The van der Waals surface area contributed by atoms with Crippen molar-refractivity contribution in [2.24, 2.45) is 0 Å². The Labute approximate surface area is 175 Å². The third-order valence-corrected chi connectivity index (χ3v) is 5.60. The summed E-state index contributed by atoms with van der Waals surface area (Å²) in [6.45, 7) is 1.01. The Morgan fingerprint density at radius 1 is 1.23 bits per heavy atom. The lowest BCUT2D eigenvalue weighted by atomic mass is 10.2. The van der Waals surface area contributed by atoms with E-state index in [1.165, 1.54) is 11.0 Å². The van der Waals surface area contributed by atoms with E-state index < -0.39 is 11.6 Å². The van der Waals surface area contributed by atoms with E-state index in [-0.39, 0.29) is 11.4 Å². The average Bonchev–Trinajstić information content (AvgIpc) is 3.41. The largest absolute Gasteiger partial charge is 0.497 e. The summed E-state index contributed by atoms with van der Waals surface area (Å²) in [5, 5.41) is 0.320. The number of benzene rings is 2. The Morgan fingerprint density at radius 3 is 2.73 bits per heavy atom. The molecule has 0 saturated heterocycles. The smallest absolute Gasteiger partial charge is 0.260 e. The molecule has 0 aliphatic carbocycles. The number of ether oxygens (including phenoxy) is 1. The van der Waals surface area contributed by atoms with Gasteiger partial charge in [0.25, 0.3) is 5.91 Å². The first-order chi connectivity index (χ1) is 14.5. The van der Waals surface area contributed by atoms with E-state index in [1.807, 2.05) is 10.8 Å². The van der Waals surface area contributed by atoms with Gasteiger partial charge in [-0.05, 0) is 36.8 Å². The van der Waals surface area contributed by atoms with Crippen LogP contribution in [0.15, 0.2) is 55.1 Å². The number of imidazole rings is 1. The number of fused-ring (bicyclic) bond motifs is 1. The average molecular weight is 428 g/mol. The number of carbonyl (C=O) groups is 1. The summed E-state index contributed by atoms with van der Waals surface area (Å²) in [4.78, 5) is 23.0. The molecule has 2 aromatic carbocycles. The highest BCUT2D eigenvalue weighted by Gasteiger charge is 2.22. The van der Waals surface area contributed by atoms with Crippen LogP contribution in [0.25, 0.3) is 10.2 Å². The molecule has 0 fully saturated rings. The van der Waals surface area contributed by atoms with E-state index in [4.69, 9.17) is 4.74 Å². The number of rotatable bonds is 7. The fourth-order valence-electron chi connectivity index (χ4n) is 3.06. The molecule has 1 amide bonds. The minimum atomic E-state index is -0.747. The summed E-state index contributed by atoms with van der Waals surface area (Å²) in [6.07, 6.45) is 5.85. The molecule has 0 bridgehead atoms. The number of carbonyl (C=O) groups excluding carboxylic acids is 1. The van der Waals surface area contributed by atoms with E-state index in [9.17, 15) is 13.6 Å². The van der Waals surface area contributed by atoms with Crippen LogP contribution in [0, 0.1) is 11.6 Å². The topological polar surface area (TPSA) is 60.2 Å². The van der Waals surface area contributed by atoms with Crippen LogP contribution < -0.4 is 9.64 Å². The van der Waals surface area contributed by atoms with E-state index in [1.54, 1.807) is 43.9 Å². The van der Waals surface area contributed by atoms with Crippen molar-refractivity contribution in [1.82, 2.24) is 14.5 Å². The lowest BCUT2D eigenvalue weighted by Crippen LogP contribution is -2.32. The Bertz CT molecular complexity index is 1160. The maximum Gasteiger partial charge on any atom is 0.260 e. The Balaban J connectivity index is 1.65. The number of aromatic nitrogens is 3. The highest BCUT2D eigenvalue weighted by atomic mass is 32.1. The van der Waals surface area contributed by atoms with Gasteiger partial charge in [0.2, 0.25) is 0 Å². The van der Waals surface area contributed by atoms with Crippen molar-refractivity contribution < 1.29 is 18.3 Å². The highest BCUT2D eigenvalue weighted by molar-refractivity contribution is 7.22. The molecule has 2 aromatic heterocycles. The number of methoxy groups -OCH3 is 1. The molecule has 6 nitrogen and oxygen atoms in total. The summed E-state index contributed by atoms with van der Waals surface area (Å²) in [7, 11) is 1.55. The summed E-state index contributed by atoms with van der Waals surface area (Å²) in [5.74, 6) is -1.06. The van der Waals surface area contributed by atoms with Gasteiger partial charge in [0.05, 0.1) is 18.1 Å². The number of anilines is 1. The molecule has 9 heteroatoms. The number of halogens is 2. The molecule has 30 heavy (non-hydrogen) atoms. The van der Waals surface area contributed by atoms with Crippen LogP contribution in [0.2, 0.25) is 0 Å². The van der Waals surface area contributed by atoms with Crippen molar-refractivity contribution in [3.63, 3.8) is 0 Å². The molecule has 154 valence electrons. The zero-order chi connectivity index (χ0) is 21.1. The van der Waals surface area contributed by atoms with Crippen molar-refractivity contribution in [1.29, 1.82) is 0 Å². The van der Waals surface area contributed by atoms with Gasteiger partial charge >= 0.3 is 0 Å². The first-order valence-electron chi connectivity index (χ1n) is 9.22. The van der Waals surface area contributed by atoms with Crippen LogP contribution in [-0.4, -0.2) is 34.1 Å². The van der Waals surface area contributed by atoms with Gasteiger partial charge in [0.15, 0.2) is 10.9 Å². The molecule has 0 N–H and O–H groups in total. The van der Waals surface area contributed by atoms with Crippen LogP contribution in [-0.2, 0) is 6.54 Å².